The lowest BCUT2D eigenvalue weighted by atomic mass is 10.1. The number of methoxy groups -OCH3 is 2. The molecule has 0 aliphatic rings. The predicted octanol–water partition coefficient (Wildman–Crippen LogP) is 7.42. The maximum absolute atomic E-state index is 9.75. The fraction of sp³-hybridized carbons (Fsp3) is 0.296. The number of hydrogen-bond acceptors (Lipinski definition) is 4. The summed E-state index contributed by atoms with van der Waals surface area (Å²) < 4.78 is 55.3. The highest BCUT2D eigenvalue weighted by molar-refractivity contribution is 6.50. The Hall–Kier alpha value is -3.33. The average Bonchev–Trinajstić information content (AvgIpc) is 2.86. The van der Waals surface area contributed by atoms with E-state index in [1.165, 1.54) is 5.70 Å². The number of rotatable bonds is 12. The minimum Gasteiger partial charge on any atom is -0.497 e. The van der Waals surface area contributed by atoms with Gasteiger partial charge in [-0.3, -0.25) is 4.74 Å². The van der Waals surface area contributed by atoms with Crippen LogP contribution in [0.5, 0.6) is 11.5 Å². The molecule has 0 radical (unpaired) electrons. The van der Waals surface area contributed by atoms with Crippen molar-refractivity contribution in [2.75, 3.05) is 33.9 Å². The molecule has 0 aliphatic heterocycles. The third-order valence-corrected chi connectivity index (χ3v) is 4.89. The van der Waals surface area contributed by atoms with Crippen LogP contribution in [0.2, 0.25) is 0 Å². The number of benzene rings is 2. The van der Waals surface area contributed by atoms with Crippen LogP contribution in [0.15, 0.2) is 78.9 Å². The Morgan fingerprint density at radius 3 is 1.75 bits per heavy atom. The Balaban J connectivity index is 0.00000118. The van der Waals surface area contributed by atoms with Gasteiger partial charge >= 0.3 is 7.25 Å². The van der Waals surface area contributed by atoms with Crippen molar-refractivity contribution >= 4 is 13.0 Å². The van der Waals surface area contributed by atoms with Gasteiger partial charge in [0.05, 0.1) is 26.9 Å². The van der Waals surface area contributed by atoms with Gasteiger partial charge in [-0.1, -0.05) is 6.08 Å². The van der Waals surface area contributed by atoms with Gasteiger partial charge < -0.3 is 31.6 Å². The van der Waals surface area contributed by atoms with Crippen molar-refractivity contribution in [3.8, 4) is 11.5 Å². The molecule has 0 N–H and O–H groups in total. The standard InChI is InChI=1S/C27H34NO3.BF4/c1-6-28(7-2)26(22-14-18-24(29-4)19-15-22)12-10-9-11-13-27(31-8-3)23-16-20-25(30-5)21-17-23;2-1(3,4)5/h9-21H,6-8H2,1-5H3;/q+1;-1. The molecule has 0 aliphatic carbocycles. The summed E-state index contributed by atoms with van der Waals surface area (Å²) in [5, 5.41) is 0. The first-order chi connectivity index (χ1) is 17.2. The van der Waals surface area contributed by atoms with E-state index in [-0.39, 0.29) is 0 Å². The molecule has 0 saturated carbocycles. The second kappa shape index (κ2) is 16.4. The van der Waals surface area contributed by atoms with Crippen LogP contribution < -0.4 is 9.47 Å². The zero-order valence-electron chi connectivity index (χ0n) is 21.4. The van der Waals surface area contributed by atoms with Gasteiger partial charge in [-0.2, -0.15) is 0 Å². The van der Waals surface area contributed by atoms with Crippen molar-refractivity contribution in [1.29, 1.82) is 0 Å². The summed E-state index contributed by atoms with van der Waals surface area (Å²) in [6.07, 6.45) is 11.0. The molecule has 4 nitrogen and oxygen atoms in total. The van der Waals surface area contributed by atoms with Gasteiger partial charge in [-0.15, -0.1) is 0 Å². The summed E-state index contributed by atoms with van der Waals surface area (Å²) >= 11 is 0. The molecule has 0 aromatic heterocycles. The molecular weight excluding hydrogens is 473 g/mol. The minimum absolute atomic E-state index is 0.610. The molecule has 0 amide bonds. The normalized spacial score (nSPS) is 11.9. The molecule has 2 aromatic carbocycles. The second-order valence-electron chi connectivity index (χ2n) is 7.22. The highest BCUT2D eigenvalue weighted by Crippen LogP contribution is 2.23. The first-order valence-corrected chi connectivity index (χ1v) is 11.6. The van der Waals surface area contributed by atoms with E-state index >= 15 is 0 Å². The Labute approximate surface area is 212 Å². The van der Waals surface area contributed by atoms with Crippen LogP contribution >= 0.6 is 0 Å². The largest absolute Gasteiger partial charge is 0.673 e. The lowest BCUT2D eigenvalue weighted by Crippen LogP contribution is -2.21. The Bertz CT molecular complexity index is 948. The number of nitrogens with zero attached hydrogens (tertiary/aromatic N) is 1. The quantitative estimate of drug-likeness (QED) is 0.130. The van der Waals surface area contributed by atoms with Gasteiger partial charge in [0.25, 0.3) is 0 Å². The molecule has 0 saturated heterocycles. The SMILES string of the molecule is CCO[C+](C=CC=CC=C(c1ccc(OC)cc1)N(CC)CC)c1ccc(OC)cc1.F[B-](F)(F)F. The topological polar surface area (TPSA) is 30.9 Å². The molecule has 36 heavy (non-hydrogen) atoms. The molecule has 0 heterocycles. The Morgan fingerprint density at radius 1 is 0.806 bits per heavy atom. The third kappa shape index (κ3) is 11.9. The van der Waals surface area contributed by atoms with Crippen LogP contribution in [0.1, 0.15) is 31.9 Å². The van der Waals surface area contributed by atoms with E-state index in [0.717, 1.165) is 41.8 Å². The third-order valence-electron chi connectivity index (χ3n) is 4.89. The summed E-state index contributed by atoms with van der Waals surface area (Å²) in [5.41, 5.74) is 3.37. The van der Waals surface area contributed by atoms with Gasteiger partial charge in [0.15, 0.2) is 6.10 Å². The highest BCUT2D eigenvalue weighted by atomic mass is 19.5. The number of allylic oxidation sites excluding steroid dienone is 4. The van der Waals surface area contributed by atoms with E-state index in [1.54, 1.807) is 14.2 Å². The molecule has 9 heteroatoms. The lowest BCUT2D eigenvalue weighted by molar-refractivity contribution is 0.195. The van der Waals surface area contributed by atoms with Gasteiger partial charge in [0.2, 0.25) is 0 Å². The zero-order chi connectivity index (χ0) is 27.0. The van der Waals surface area contributed by atoms with Crippen LogP contribution in [-0.2, 0) is 4.74 Å². The van der Waals surface area contributed by atoms with Crippen molar-refractivity contribution < 1.29 is 31.5 Å². The van der Waals surface area contributed by atoms with Crippen molar-refractivity contribution in [3.63, 3.8) is 0 Å². The van der Waals surface area contributed by atoms with E-state index in [2.05, 4.69) is 43.0 Å². The lowest BCUT2D eigenvalue weighted by Gasteiger charge is -2.24. The summed E-state index contributed by atoms with van der Waals surface area (Å²) in [6.45, 7) is 8.82. The zero-order valence-corrected chi connectivity index (χ0v) is 21.4. The maximum Gasteiger partial charge on any atom is 0.673 e. The van der Waals surface area contributed by atoms with E-state index < -0.39 is 7.25 Å². The molecule has 2 aromatic rings. The van der Waals surface area contributed by atoms with Gasteiger partial charge in [0.1, 0.15) is 17.1 Å². The fourth-order valence-corrected chi connectivity index (χ4v) is 3.20. The average molecular weight is 507 g/mol. The van der Waals surface area contributed by atoms with Crippen LogP contribution in [0.4, 0.5) is 17.3 Å². The van der Waals surface area contributed by atoms with Crippen LogP contribution in [-0.4, -0.2) is 46.1 Å². The smallest absolute Gasteiger partial charge is 0.497 e. The Kier molecular flexibility index (Phi) is 14.0. The minimum atomic E-state index is -6.00. The molecule has 2 rings (SSSR count). The number of hydrogen-bond donors (Lipinski definition) is 0. The van der Waals surface area contributed by atoms with Crippen molar-refractivity contribution in [2.45, 2.75) is 20.8 Å². The summed E-state index contributed by atoms with van der Waals surface area (Å²) in [6, 6.07) is 16.1. The van der Waals surface area contributed by atoms with Gasteiger partial charge in [-0.05, 0) is 62.8 Å². The highest BCUT2D eigenvalue weighted by Gasteiger charge is 2.20. The molecule has 0 unspecified atom stereocenters. The van der Waals surface area contributed by atoms with Crippen LogP contribution in [0.25, 0.3) is 5.70 Å². The summed E-state index contributed by atoms with van der Waals surface area (Å²) in [4.78, 5) is 2.34. The first-order valence-electron chi connectivity index (χ1n) is 11.6. The van der Waals surface area contributed by atoms with Crippen LogP contribution in [0, 0.1) is 6.10 Å². The maximum atomic E-state index is 9.75. The van der Waals surface area contributed by atoms with E-state index in [0.29, 0.717) is 6.61 Å². The van der Waals surface area contributed by atoms with Crippen molar-refractivity contribution in [3.05, 3.63) is 96.1 Å². The summed E-state index contributed by atoms with van der Waals surface area (Å²) in [5.74, 6) is 1.69. The van der Waals surface area contributed by atoms with E-state index in [1.807, 2.05) is 61.5 Å². The second-order valence-corrected chi connectivity index (χ2v) is 7.22. The molecule has 0 fully saturated rings. The van der Waals surface area contributed by atoms with E-state index in [4.69, 9.17) is 14.2 Å². The molecule has 0 atom stereocenters. The fourth-order valence-electron chi connectivity index (χ4n) is 3.20. The van der Waals surface area contributed by atoms with Crippen molar-refractivity contribution in [1.82, 2.24) is 4.90 Å². The molecule has 0 bridgehead atoms. The molecule has 196 valence electrons. The number of halogens is 4. The number of ether oxygens (including phenoxy) is 3. The first kappa shape index (κ1) is 30.7. The van der Waals surface area contributed by atoms with Crippen molar-refractivity contribution in [2.24, 2.45) is 0 Å². The van der Waals surface area contributed by atoms with Crippen LogP contribution in [0.3, 0.4) is 0 Å². The molecule has 0 spiro atoms. The Morgan fingerprint density at radius 2 is 1.31 bits per heavy atom. The molecular formula is C27H34BF4NO3. The summed E-state index contributed by atoms with van der Waals surface area (Å²) in [7, 11) is -2.65. The van der Waals surface area contributed by atoms with Gasteiger partial charge in [-0.25, -0.2) is 0 Å². The van der Waals surface area contributed by atoms with Gasteiger partial charge in [0, 0.05) is 49.1 Å². The monoisotopic (exact) mass is 507 g/mol. The van der Waals surface area contributed by atoms with E-state index in [9.17, 15) is 17.3 Å². The predicted molar refractivity (Wildman–Crippen MR) is 139 cm³/mol.